The number of pyridine rings is 1. The van der Waals surface area contributed by atoms with Crippen LogP contribution in [0, 0.1) is 5.92 Å². The molecule has 0 aromatic carbocycles. The van der Waals surface area contributed by atoms with Gasteiger partial charge in [0, 0.05) is 25.0 Å². The van der Waals surface area contributed by atoms with Crippen LogP contribution in [0.5, 0.6) is 0 Å². The highest BCUT2D eigenvalue weighted by atomic mass is 15.1. The minimum atomic E-state index is 0.736. The molecule has 102 valence electrons. The second kappa shape index (κ2) is 9.06. The van der Waals surface area contributed by atoms with Crippen LogP contribution in [-0.2, 0) is 6.42 Å². The first-order valence-corrected chi connectivity index (χ1v) is 6.97. The molecule has 0 saturated carbocycles. The summed E-state index contributed by atoms with van der Waals surface area (Å²) >= 11 is 0. The Kier molecular flexibility index (Phi) is 7.62. The van der Waals surface area contributed by atoms with E-state index in [1.807, 2.05) is 12.3 Å². The topological polar surface area (TPSA) is 28.2 Å². The van der Waals surface area contributed by atoms with Gasteiger partial charge in [0.25, 0.3) is 0 Å². The van der Waals surface area contributed by atoms with Crippen molar-refractivity contribution in [3.63, 3.8) is 0 Å². The highest BCUT2D eigenvalue weighted by Gasteiger charge is 1.99. The van der Waals surface area contributed by atoms with Crippen LogP contribution in [0.15, 0.2) is 24.4 Å². The van der Waals surface area contributed by atoms with E-state index >= 15 is 0 Å². The summed E-state index contributed by atoms with van der Waals surface area (Å²) in [5.74, 6) is 0.736. The number of likely N-dealkylation sites (N-methyl/N-ethyl adjacent to an activating group) is 1. The molecule has 0 radical (unpaired) electrons. The minimum Gasteiger partial charge on any atom is -0.315 e. The van der Waals surface area contributed by atoms with Crippen molar-refractivity contribution in [2.75, 3.05) is 33.2 Å². The van der Waals surface area contributed by atoms with Crippen LogP contribution in [0.1, 0.15) is 26.0 Å². The summed E-state index contributed by atoms with van der Waals surface area (Å²) in [6.45, 7) is 8.93. The van der Waals surface area contributed by atoms with Crippen molar-refractivity contribution in [3.8, 4) is 0 Å². The van der Waals surface area contributed by atoms with E-state index in [0.717, 1.165) is 38.5 Å². The van der Waals surface area contributed by atoms with Crippen LogP contribution in [0.4, 0.5) is 0 Å². The van der Waals surface area contributed by atoms with Gasteiger partial charge in [-0.2, -0.15) is 0 Å². The van der Waals surface area contributed by atoms with Crippen LogP contribution in [0.25, 0.3) is 0 Å². The summed E-state index contributed by atoms with van der Waals surface area (Å²) < 4.78 is 0. The van der Waals surface area contributed by atoms with E-state index in [4.69, 9.17) is 0 Å². The molecule has 0 unspecified atom stereocenters. The fourth-order valence-electron chi connectivity index (χ4n) is 1.85. The maximum absolute atomic E-state index is 4.34. The molecule has 1 heterocycles. The summed E-state index contributed by atoms with van der Waals surface area (Å²) in [7, 11) is 2.19. The standard InChI is InChI=1S/C15H27N3/c1-14(2)13-16-10-12-18(3)11-6-8-15-7-4-5-9-17-15/h4-5,7,9,14,16H,6,8,10-13H2,1-3H3. The highest BCUT2D eigenvalue weighted by Crippen LogP contribution is 1.99. The van der Waals surface area contributed by atoms with Gasteiger partial charge < -0.3 is 10.2 Å². The summed E-state index contributed by atoms with van der Waals surface area (Å²) in [5, 5.41) is 3.47. The first-order chi connectivity index (χ1) is 8.68. The van der Waals surface area contributed by atoms with Gasteiger partial charge in [-0.15, -0.1) is 0 Å². The molecule has 0 saturated heterocycles. The first kappa shape index (κ1) is 15.1. The molecule has 0 bridgehead atoms. The third-order valence-electron chi connectivity index (χ3n) is 2.92. The molecule has 3 nitrogen and oxygen atoms in total. The average Bonchev–Trinajstić information content (AvgIpc) is 2.36. The number of aryl methyl sites for hydroxylation is 1. The monoisotopic (exact) mass is 249 g/mol. The highest BCUT2D eigenvalue weighted by molar-refractivity contribution is 5.03. The van der Waals surface area contributed by atoms with Crippen LogP contribution in [0.3, 0.4) is 0 Å². The van der Waals surface area contributed by atoms with Gasteiger partial charge in [0.05, 0.1) is 0 Å². The summed E-state index contributed by atoms with van der Waals surface area (Å²) in [6, 6.07) is 6.13. The fraction of sp³-hybridized carbons (Fsp3) is 0.667. The maximum atomic E-state index is 4.34. The van der Waals surface area contributed by atoms with Crippen LogP contribution in [0.2, 0.25) is 0 Å². The van der Waals surface area contributed by atoms with E-state index in [2.05, 4.69) is 48.2 Å². The van der Waals surface area contributed by atoms with E-state index in [0.29, 0.717) is 0 Å². The fourth-order valence-corrected chi connectivity index (χ4v) is 1.85. The molecular weight excluding hydrogens is 222 g/mol. The molecule has 1 rings (SSSR count). The Morgan fingerprint density at radius 1 is 1.28 bits per heavy atom. The Labute approximate surface area is 112 Å². The molecule has 1 aromatic heterocycles. The Bertz CT molecular complexity index is 298. The van der Waals surface area contributed by atoms with Gasteiger partial charge >= 0.3 is 0 Å². The molecule has 0 amide bonds. The molecular formula is C15H27N3. The molecule has 3 heteroatoms. The van der Waals surface area contributed by atoms with Crippen molar-refractivity contribution < 1.29 is 0 Å². The number of nitrogens with one attached hydrogen (secondary N) is 1. The molecule has 1 aromatic rings. The minimum absolute atomic E-state index is 0.736. The molecule has 0 spiro atoms. The van der Waals surface area contributed by atoms with Gasteiger partial charge in [0.15, 0.2) is 0 Å². The zero-order chi connectivity index (χ0) is 13.2. The third-order valence-corrected chi connectivity index (χ3v) is 2.92. The number of nitrogens with zero attached hydrogens (tertiary/aromatic N) is 2. The molecule has 1 N–H and O–H groups in total. The van der Waals surface area contributed by atoms with Gasteiger partial charge in [0.1, 0.15) is 0 Å². The van der Waals surface area contributed by atoms with Crippen LogP contribution < -0.4 is 5.32 Å². The smallest absolute Gasteiger partial charge is 0.0404 e. The van der Waals surface area contributed by atoms with Gasteiger partial charge in [-0.1, -0.05) is 19.9 Å². The van der Waals surface area contributed by atoms with Crippen molar-refractivity contribution in [3.05, 3.63) is 30.1 Å². The van der Waals surface area contributed by atoms with Crippen molar-refractivity contribution in [2.45, 2.75) is 26.7 Å². The average molecular weight is 249 g/mol. The molecule has 0 fully saturated rings. The lowest BCUT2D eigenvalue weighted by Crippen LogP contribution is -2.31. The number of aromatic nitrogens is 1. The zero-order valence-corrected chi connectivity index (χ0v) is 12.0. The second-order valence-corrected chi connectivity index (χ2v) is 5.33. The lowest BCUT2D eigenvalue weighted by molar-refractivity contribution is 0.324. The summed E-state index contributed by atoms with van der Waals surface area (Å²) in [6.07, 6.45) is 4.12. The van der Waals surface area contributed by atoms with Gasteiger partial charge in [-0.3, -0.25) is 4.98 Å². The predicted molar refractivity (Wildman–Crippen MR) is 77.8 cm³/mol. The lowest BCUT2D eigenvalue weighted by atomic mass is 10.2. The predicted octanol–water partition coefficient (Wildman–Crippen LogP) is 2.19. The van der Waals surface area contributed by atoms with Crippen molar-refractivity contribution in [1.29, 1.82) is 0 Å². The molecule has 0 aliphatic rings. The van der Waals surface area contributed by atoms with E-state index in [1.165, 1.54) is 12.1 Å². The molecule has 0 aliphatic heterocycles. The van der Waals surface area contributed by atoms with E-state index < -0.39 is 0 Å². The Morgan fingerprint density at radius 2 is 2.11 bits per heavy atom. The van der Waals surface area contributed by atoms with Crippen molar-refractivity contribution >= 4 is 0 Å². The van der Waals surface area contributed by atoms with Crippen LogP contribution in [-0.4, -0.2) is 43.1 Å². The molecule has 0 atom stereocenters. The second-order valence-electron chi connectivity index (χ2n) is 5.33. The quantitative estimate of drug-likeness (QED) is 0.680. The maximum Gasteiger partial charge on any atom is 0.0404 e. The van der Waals surface area contributed by atoms with Crippen molar-refractivity contribution in [2.24, 2.45) is 5.92 Å². The summed E-state index contributed by atoms with van der Waals surface area (Å²) in [5.41, 5.74) is 1.20. The molecule has 18 heavy (non-hydrogen) atoms. The van der Waals surface area contributed by atoms with E-state index in [-0.39, 0.29) is 0 Å². The van der Waals surface area contributed by atoms with Crippen LogP contribution >= 0.6 is 0 Å². The largest absolute Gasteiger partial charge is 0.315 e. The van der Waals surface area contributed by atoms with E-state index in [1.54, 1.807) is 0 Å². The first-order valence-electron chi connectivity index (χ1n) is 6.97. The number of hydrogen-bond donors (Lipinski definition) is 1. The number of rotatable bonds is 9. The van der Waals surface area contributed by atoms with Gasteiger partial charge in [-0.25, -0.2) is 0 Å². The van der Waals surface area contributed by atoms with Crippen molar-refractivity contribution in [1.82, 2.24) is 15.2 Å². The van der Waals surface area contributed by atoms with Gasteiger partial charge in [-0.05, 0) is 51.0 Å². The zero-order valence-electron chi connectivity index (χ0n) is 12.0. The normalized spacial score (nSPS) is 11.4. The van der Waals surface area contributed by atoms with E-state index in [9.17, 15) is 0 Å². The number of hydrogen-bond acceptors (Lipinski definition) is 3. The SMILES string of the molecule is CC(C)CNCCN(C)CCCc1ccccn1. The Balaban J connectivity index is 2.01. The summed E-state index contributed by atoms with van der Waals surface area (Å²) in [4.78, 5) is 6.72. The third kappa shape index (κ3) is 7.41. The van der Waals surface area contributed by atoms with Gasteiger partial charge in [0.2, 0.25) is 0 Å². The Morgan fingerprint density at radius 3 is 2.78 bits per heavy atom. The lowest BCUT2D eigenvalue weighted by Gasteiger charge is -2.17. The molecule has 0 aliphatic carbocycles. The Hall–Kier alpha value is -0.930.